The van der Waals surface area contributed by atoms with Gasteiger partial charge in [-0.05, 0) is 55.5 Å². The van der Waals surface area contributed by atoms with Crippen molar-refractivity contribution in [2.24, 2.45) is 0 Å². The summed E-state index contributed by atoms with van der Waals surface area (Å²) in [6.45, 7) is 2.84. The molecule has 6 nitrogen and oxygen atoms in total. The lowest BCUT2D eigenvalue weighted by Gasteiger charge is -2.19. The first-order chi connectivity index (χ1) is 16.6. The van der Waals surface area contributed by atoms with Crippen LogP contribution in [0.1, 0.15) is 17.3 Å². The molecule has 5 rings (SSSR count). The minimum Gasteiger partial charge on any atom is -0.334 e. The van der Waals surface area contributed by atoms with E-state index in [1.54, 1.807) is 40.9 Å². The van der Waals surface area contributed by atoms with Crippen LogP contribution >= 0.6 is 35.7 Å². The van der Waals surface area contributed by atoms with E-state index in [0.717, 1.165) is 22.2 Å². The molecule has 9 heteroatoms. The molecular weight excluding hydrogens is 485 g/mol. The number of carbonyl (C=O) groups excluding carboxylic acids is 2. The lowest BCUT2D eigenvalue weighted by atomic mass is 10.2. The smallest absolute Gasteiger partial charge is 0.273 e. The van der Waals surface area contributed by atoms with Gasteiger partial charge < -0.3 is 4.90 Å². The number of anilines is 3. The topological polar surface area (TPSA) is 64.7 Å². The Balaban J connectivity index is 1.32. The van der Waals surface area contributed by atoms with Gasteiger partial charge >= 0.3 is 0 Å². The van der Waals surface area contributed by atoms with Gasteiger partial charge in [0.25, 0.3) is 11.8 Å². The summed E-state index contributed by atoms with van der Waals surface area (Å²) >= 11 is 8.52. The van der Waals surface area contributed by atoms with Gasteiger partial charge in [0.1, 0.15) is 9.93 Å². The number of hydrogen-bond donors (Lipinski definition) is 2. The lowest BCUT2D eigenvalue weighted by molar-refractivity contribution is -0.113. The number of hydrogen-bond acceptors (Lipinski definition) is 7. The maximum Gasteiger partial charge on any atom is 0.273 e. The Kier molecular flexibility index (Phi) is 6.32. The number of benzene rings is 3. The summed E-state index contributed by atoms with van der Waals surface area (Å²) in [5.41, 5.74) is 8.62. The summed E-state index contributed by atoms with van der Waals surface area (Å²) in [5.74, 6) is -0.356. The number of thioether (sulfide) groups is 2. The molecule has 2 N–H and O–H groups in total. The Morgan fingerprint density at radius 2 is 1.65 bits per heavy atom. The van der Waals surface area contributed by atoms with Crippen molar-refractivity contribution in [2.75, 3.05) is 21.8 Å². The third-order valence-electron chi connectivity index (χ3n) is 5.37. The van der Waals surface area contributed by atoms with Gasteiger partial charge in [0.2, 0.25) is 0 Å². The molecule has 0 unspecified atom stereocenters. The standard InChI is InChI=1S/C25H20N4O2S3/c1-2-28-19-10-6-7-11-20(19)33-24(28)21-23(31)29(25(32)34-21)18-14-12-17(13-15-18)26-27-22(30)16-8-4-3-5-9-16/h3-15,26H,2H2,1H3,(H,27,30). The number of rotatable bonds is 5. The fraction of sp³-hybridized carbons (Fsp3) is 0.0800. The lowest BCUT2D eigenvalue weighted by Crippen LogP contribution is -2.30. The first-order valence-corrected chi connectivity index (χ1v) is 12.7. The van der Waals surface area contributed by atoms with Gasteiger partial charge in [-0.1, -0.05) is 66.1 Å². The predicted molar refractivity (Wildman–Crippen MR) is 144 cm³/mol. The van der Waals surface area contributed by atoms with Gasteiger partial charge in [-0.15, -0.1) is 0 Å². The van der Waals surface area contributed by atoms with E-state index in [0.29, 0.717) is 26.2 Å². The molecule has 170 valence electrons. The number of amides is 2. The van der Waals surface area contributed by atoms with Crippen molar-refractivity contribution in [1.82, 2.24) is 5.43 Å². The van der Waals surface area contributed by atoms with Gasteiger partial charge in [-0.3, -0.25) is 25.3 Å². The third-order valence-corrected chi connectivity index (χ3v) is 8.04. The van der Waals surface area contributed by atoms with E-state index in [4.69, 9.17) is 12.2 Å². The number of nitrogens with one attached hydrogen (secondary N) is 2. The van der Waals surface area contributed by atoms with Crippen LogP contribution in [0.3, 0.4) is 0 Å². The molecule has 2 heterocycles. The number of fused-ring (bicyclic) bond motifs is 1. The largest absolute Gasteiger partial charge is 0.334 e. The first kappa shape index (κ1) is 22.5. The maximum absolute atomic E-state index is 13.4. The number of para-hydroxylation sites is 1. The summed E-state index contributed by atoms with van der Waals surface area (Å²) < 4.78 is 0.498. The molecule has 34 heavy (non-hydrogen) atoms. The van der Waals surface area contributed by atoms with Crippen LogP contribution in [0.25, 0.3) is 0 Å². The van der Waals surface area contributed by atoms with Gasteiger partial charge in [0, 0.05) is 17.0 Å². The van der Waals surface area contributed by atoms with Crippen LogP contribution in [0.2, 0.25) is 0 Å². The second kappa shape index (κ2) is 9.54. The second-order valence-electron chi connectivity index (χ2n) is 7.45. The average Bonchev–Trinajstić information content (AvgIpc) is 3.39. The second-order valence-corrected chi connectivity index (χ2v) is 10.1. The molecule has 0 spiro atoms. The van der Waals surface area contributed by atoms with Gasteiger partial charge in [0.15, 0.2) is 4.32 Å². The van der Waals surface area contributed by atoms with Crippen LogP contribution < -0.4 is 20.7 Å². The van der Waals surface area contributed by atoms with E-state index in [-0.39, 0.29) is 11.8 Å². The van der Waals surface area contributed by atoms with E-state index in [1.165, 1.54) is 11.8 Å². The molecule has 3 aromatic carbocycles. The normalized spacial score (nSPS) is 17.2. The van der Waals surface area contributed by atoms with E-state index >= 15 is 0 Å². The maximum atomic E-state index is 13.4. The highest BCUT2D eigenvalue weighted by atomic mass is 32.2. The number of carbonyl (C=O) groups is 2. The molecule has 1 saturated heterocycles. The molecule has 0 aromatic heterocycles. The Bertz CT molecular complexity index is 1310. The summed E-state index contributed by atoms with van der Waals surface area (Å²) in [4.78, 5) is 31.1. The van der Waals surface area contributed by atoms with Gasteiger partial charge in [-0.2, -0.15) is 0 Å². The molecule has 3 aromatic rings. The zero-order chi connectivity index (χ0) is 23.7. The number of hydrazine groups is 1. The van der Waals surface area contributed by atoms with Crippen LogP contribution in [-0.2, 0) is 4.79 Å². The highest BCUT2D eigenvalue weighted by molar-refractivity contribution is 8.27. The van der Waals surface area contributed by atoms with Crippen molar-refractivity contribution in [3.63, 3.8) is 0 Å². The molecule has 2 aliphatic heterocycles. The Labute approximate surface area is 211 Å². The molecule has 0 aliphatic carbocycles. The summed E-state index contributed by atoms with van der Waals surface area (Å²) in [6, 6.07) is 24.3. The van der Waals surface area contributed by atoms with Crippen LogP contribution in [-0.4, -0.2) is 22.7 Å². The van der Waals surface area contributed by atoms with Crippen LogP contribution in [0.4, 0.5) is 17.1 Å². The van der Waals surface area contributed by atoms with E-state index < -0.39 is 0 Å². The van der Waals surface area contributed by atoms with E-state index in [2.05, 4.69) is 34.8 Å². The van der Waals surface area contributed by atoms with Gasteiger partial charge in [-0.25, -0.2) is 0 Å². The predicted octanol–water partition coefficient (Wildman–Crippen LogP) is 5.61. The van der Waals surface area contributed by atoms with Crippen molar-refractivity contribution in [3.05, 3.63) is 94.4 Å². The molecule has 2 amide bonds. The molecular formula is C25H20N4O2S3. The first-order valence-electron chi connectivity index (χ1n) is 10.6. The number of nitrogens with zero attached hydrogens (tertiary/aromatic N) is 2. The average molecular weight is 505 g/mol. The molecule has 0 atom stereocenters. The molecule has 0 bridgehead atoms. The molecule has 0 radical (unpaired) electrons. The molecule has 2 aliphatic rings. The quantitative estimate of drug-likeness (QED) is 0.266. The Morgan fingerprint density at radius 3 is 2.38 bits per heavy atom. The molecule has 0 saturated carbocycles. The highest BCUT2D eigenvalue weighted by Crippen LogP contribution is 2.50. The van der Waals surface area contributed by atoms with Crippen molar-refractivity contribution in [3.8, 4) is 0 Å². The van der Waals surface area contributed by atoms with Gasteiger partial charge in [0.05, 0.1) is 17.1 Å². The Hall–Kier alpha value is -3.27. The van der Waals surface area contributed by atoms with Crippen molar-refractivity contribution < 1.29 is 9.59 Å². The zero-order valence-electron chi connectivity index (χ0n) is 18.1. The molecule has 1 fully saturated rings. The van der Waals surface area contributed by atoms with Crippen LogP contribution in [0.15, 0.2) is 93.7 Å². The SMILES string of the molecule is CCN1C(=C2SC(=S)N(c3ccc(NNC(=O)c4ccccc4)cc3)C2=O)Sc2ccccc21. The zero-order valence-corrected chi connectivity index (χ0v) is 20.6. The highest BCUT2D eigenvalue weighted by Gasteiger charge is 2.39. The van der Waals surface area contributed by atoms with Crippen LogP contribution in [0, 0.1) is 0 Å². The fourth-order valence-electron chi connectivity index (χ4n) is 3.72. The summed E-state index contributed by atoms with van der Waals surface area (Å²) in [7, 11) is 0. The fourth-order valence-corrected chi connectivity index (χ4v) is 6.40. The van der Waals surface area contributed by atoms with Crippen molar-refractivity contribution in [1.29, 1.82) is 0 Å². The Morgan fingerprint density at radius 1 is 0.941 bits per heavy atom. The van der Waals surface area contributed by atoms with E-state index in [1.807, 2.05) is 42.5 Å². The third kappa shape index (κ3) is 4.18. The number of thiocarbonyl (C=S) groups is 1. The minimum absolute atomic E-state index is 0.123. The monoisotopic (exact) mass is 504 g/mol. The van der Waals surface area contributed by atoms with Crippen molar-refractivity contribution >= 4 is 68.9 Å². The van der Waals surface area contributed by atoms with Crippen LogP contribution in [0.5, 0.6) is 0 Å². The summed E-state index contributed by atoms with van der Waals surface area (Å²) in [5, 5.41) is 0.922. The summed E-state index contributed by atoms with van der Waals surface area (Å²) in [6.07, 6.45) is 0. The van der Waals surface area contributed by atoms with Crippen molar-refractivity contribution in [2.45, 2.75) is 11.8 Å². The van der Waals surface area contributed by atoms with E-state index in [9.17, 15) is 9.59 Å². The minimum atomic E-state index is -0.233.